The molecule has 0 aliphatic carbocycles. The van der Waals surface area contributed by atoms with Crippen LogP contribution >= 0.6 is 0 Å². The number of para-hydroxylation sites is 1. The highest BCUT2D eigenvalue weighted by molar-refractivity contribution is 5.98. The number of aliphatic hydroxyl groups excluding tert-OH is 1. The van der Waals surface area contributed by atoms with Gasteiger partial charge >= 0.3 is 5.96 Å². The lowest BCUT2D eigenvalue weighted by molar-refractivity contribution is -0.513. The zero-order valence-electron chi connectivity index (χ0n) is 23.3. The molecule has 2 aromatic rings. The summed E-state index contributed by atoms with van der Waals surface area (Å²) in [5.41, 5.74) is 14.0. The van der Waals surface area contributed by atoms with Gasteiger partial charge in [0.15, 0.2) is 12.0 Å². The quantitative estimate of drug-likeness (QED) is 0.205. The van der Waals surface area contributed by atoms with Gasteiger partial charge in [-0.2, -0.15) is 0 Å². The predicted octanol–water partition coefficient (Wildman–Crippen LogP) is -2.58. The van der Waals surface area contributed by atoms with Crippen LogP contribution in [0.1, 0.15) is 52.1 Å². The number of ether oxygens (including phenoxy) is 1. The van der Waals surface area contributed by atoms with Crippen molar-refractivity contribution in [1.82, 2.24) is 25.8 Å². The number of nitrogens with zero attached hydrogens (tertiary/aromatic N) is 3. The molecule has 1 unspecified atom stereocenters. The lowest BCUT2D eigenvalue weighted by Crippen LogP contribution is -2.88. The Morgan fingerprint density at radius 2 is 2.07 bits per heavy atom. The molecular weight excluding hydrogens is 526 g/mol. The molecule has 5 heterocycles. The molecule has 13 nitrogen and oxygen atoms in total. The van der Waals surface area contributed by atoms with Crippen LogP contribution in [0, 0.1) is 6.92 Å². The van der Waals surface area contributed by atoms with Crippen LogP contribution in [0.15, 0.2) is 41.7 Å². The number of guanidine groups is 2. The summed E-state index contributed by atoms with van der Waals surface area (Å²) in [4.78, 5) is 40.0. The van der Waals surface area contributed by atoms with E-state index < -0.39 is 29.9 Å². The second-order valence-corrected chi connectivity index (χ2v) is 11.8. The number of aliphatic hydroxyl groups is 1. The highest BCUT2D eigenvalue weighted by Crippen LogP contribution is 2.41. The van der Waals surface area contributed by atoms with Crippen LogP contribution in [0.3, 0.4) is 0 Å². The van der Waals surface area contributed by atoms with Crippen molar-refractivity contribution in [3.8, 4) is 5.75 Å². The van der Waals surface area contributed by atoms with Gasteiger partial charge in [0.25, 0.3) is 11.8 Å². The third kappa shape index (κ3) is 4.31. The number of aromatic nitrogens is 1. The monoisotopic (exact) mass is 562 g/mol. The van der Waals surface area contributed by atoms with Crippen molar-refractivity contribution < 1.29 is 24.4 Å². The number of rotatable bonds is 5. The fourth-order valence-electron chi connectivity index (χ4n) is 6.46. The number of hydrogen-bond acceptors (Lipinski definition) is 10. The zero-order valence-corrected chi connectivity index (χ0v) is 23.3. The van der Waals surface area contributed by atoms with E-state index in [0.717, 1.165) is 17.5 Å². The molecule has 6 rings (SSSR count). The maximum absolute atomic E-state index is 13.6. The summed E-state index contributed by atoms with van der Waals surface area (Å²) in [5.74, 6) is 0.317. The van der Waals surface area contributed by atoms with E-state index in [4.69, 9.17) is 16.2 Å². The molecule has 4 aliphatic rings. The number of benzene rings is 1. The average molecular weight is 563 g/mol. The molecule has 13 heteroatoms. The normalized spacial score (nSPS) is 29.1. The Morgan fingerprint density at radius 1 is 1.27 bits per heavy atom. The molecule has 41 heavy (non-hydrogen) atoms. The summed E-state index contributed by atoms with van der Waals surface area (Å²) >= 11 is 0. The lowest BCUT2D eigenvalue weighted by atomic mass is 9.79. The number of carbonyl (C=O) groups excluding carboxylic acids is 2. The van der Waals surface area contributed by atoms with Crippen molar-refractivity contribution in [1.29, 1.82) is 0 Å². The van der Waals surface area contributed by atoms with Crippen molar-refractivity contribution >= 4 is 23.7 Å². The Morgan fingerprint density at radius 3 is 2.85 bits per heavy atom. The number of pyridine rings is 1. The van der Waals surface area contributed by atoms with E-state index in [0.29, 0.717) is 23.5 Å². The van der Waals surface area contributed by atoms with Gasteiger partial charge in [-0.15, -0.1) is 0 Å². The molecule has 1 aromatic carbocycles. The van der Waals surface area contributed by atoms with Crippen LogP contribution in [0.4, 0.5) is 0 Å². The molecule has 1 spiro atoms. The molecule has 4 aliphatic heterocycles. The van der Waals surface area contributed by atoms with Gasteiger partial charge in [0.1, 0.15) is 17.9 Å². The van der Waals surface area contributed by atoms with Gasteiger partial charge in [0.2, 0.25) is 5.66 Å². The van der Waals surface area contributed by atoms with Crippen molar-refractivity contribution in [3.05, 3.63) is 58.9 Å². The van der Waals surface area contributed by atoms with Crippen LogP contribution in [0.2, 0.25) is 0 Å². The average Bonchev–Trinajstić information content (AvgIpc) is 3.43. The minimum atomic E-state index is -1.19. The molecule has 5 atom stereocenters. The Labute approximate surface area is 237 Å². The first kappa shape index (κ1) is 26.8. The molecule has 0 bridgehead atoms. The maximum atomic E-state index is 13.6. The van der Waals surface area contributed by atoms with Crippen LogP contribution in [-0.2, 0) is 5.41 Å². The van der Waals surface area contributed by atoms with Gasteiger partial charge in [-0.3, -0.25) is 25.3 Å². The Kier molecular flexibility index (Phi) is 6.29. The Hall–Kier alpha value is -4.39. The number of fused-ring (bicyclic) bond motifs is 1. The van der Waals surface area contributed by atoms with Crippen LogP contribution in [-0.4, -0.2) is 88.3 Å². The minimum absolute atomic E-state index is 0.123. The van der Waals surface area contributed by atoms with Gasteiger partial charge in [0.05, 0.1) is 23.8 Å². The van der Waals surface area contributed by atoms with E-state index in [-0.39, 0.29) is 42.2 Å². The van der Waals surface area contributed by atoms with E-state index in [1.54, 1.807) is 23.2 Å². The standard InChI is InChI=1S/C28H35N9O4/c1-14-9-15(11-31-10-14)23(39)32-12-18-21-28(36-25(29)35-21)22(38)19(13-37(28)26(30)34-18)33-24(40)16-5-4-6-17-20(16)41-8-7-27(17,2)3/h4-6,9-11,18-19,21-22,38H,7-8,12-13H2,1-3H3,(H2,30,34)(H,32,39)(H,33,40)(H3,29,35,36)/p+1/t18-,19?,21-,22+,28-/m0/s1. The minimum Gasteiger partial charge on any atom is -0.492 e. The fourth-order valence-corrected chi connectivity index (χ4v) is 6.46. The summed E-state index contributed by atoms with van der Waals surface area (Å²) in [6, 6.07) is 5.47. The number of carbonyl (C=O) groups is 2. The second-order valence-electron chi connectivity index (χ2n) is 11.8. The van der Waals surface area contributed by atoms with Crippen LogP contribution < -0.4 is 37.1 Å². The van der Waals surface area contributed by atoms with E-state index in [2.05, 4.69) is 44.8 Å². The van der Waals surface area contributed by atoms with Crippen molar-refractivity contribution in [2.75, 3.05) is 19.7 Å². The van der Waals surface area contributed by atoms with Gasteiger partial charge in [-0.1, -0.05) is 26.0 Å². The zero-order chi connectivity index (χ0) is 29.1. The third-order valence-electron chi connectivity index (χ3n) is 8.63. The molecule has 0 radical (unpaired) electrons. The summed E-state index contributed by atoms with van der Waals surface area (Å²) in [6.45, 7) is 6.96. The smallest absolute Gasteiger partial charge is 0.343 e. The summed E-state index contributed by atoms with van der Waals surface area (Å²) in [6.07, 6.45) is 2.89. The van der Waals surface area contributed by atoms with E-state index in [1.165, 1.54) is 6.20 Å². The Bertz CT molecular complexity index is 1470. The molecule has 0 saturated carbocycles. The molecule has 1 saturated heterocycles. The summed E-state index contributed by atoms with van der Waals surface area (Å²) in [5, 5.41) is 20.8. The molecule has 1 fully saturated rings. The summed E-state index contributed by atoms with van der Waals surface area (Å²) in [7, 11) is 0. The predicted molar refractivity (Wildman–Crippen MR) is 150 cm³/mol. The van der Waals surface area contributed by atoms with Gasteiger partial charge in [-0.05, 0) is 36.5 Å². The largest absolute Gasteiger partial charge is 0.492 e. The van der Waals surface area contributed by atoms with Crippen molar-refractivity contribution in [2.45, 2.75) is 62.5 Å². The van der Waals surface area contributed by atoms with Gasteiger partial charge in [0, 0.05) is 31.0 Å². The van der Waals surface area contributed by atoms with Crippen molar-refractivity contribution in [3.63, 3.8) is 0 Å². The van der Waals surface area contributed by atoms with E-state index in [1.807, 2.05) is 19.1 Å². The first-order valence-corrected chi connectivity index (χ1v) is 13.7. The second kappa shape index (κ2) is 9.61. The first-order chi connectivity index (χ1) is 19.5. The fraction of sp³-hybridized carbons (Fsp3) is 0.464. The van der Waals surface area contributed by atoms with Crippen LogP contribution in [0.5, 0.6) is 5.75 Å². The molecule has 9 N–H and O–H groups in total. The molecule has 1 aromatic heterocycles. The van der Waals surface area contributed by atoms with Crippen LogP contribution in [0.25, 0.3) is 0 Å². The third-order valence-corrected chi connectivity index (χ3v) is 8.63. The number of aryl methyl sites for hydroxylation is 1. The first-order valence-electron chi connectivity index (χ1n) is 13.7. The van der Waals surface area contributed by atoms with Gasteiger partial charge in [-0.25, -0.2) is 10.3 Å². The van der Waals surface area contributed by atoms with Gasteiger partial charge < -0.3 is 31.1 Å². The number of amides is 2. The number of nitrogens with one attached hydrogen (secondary N) is 4. The SMILES string of the molecule is Cc1cncc(C(=O)NC[C@@H]2N=C(N)N3CC(NC(=O)c4cccc5c4OCCC5(C)C)[C@@H](O)[C@@]34NC(N)=[NH+][C@@H]24)c1. The highest BCUT2D eigenvalue weighted by atomic mass is 16.5. The molecule has 2 amide bonds. The molecule has 216 valence electrons. The number of aliphatic imine (C=N–C) groups is 1. The Balaban J connectivity index is 1.23. The topological polar surface area (TPSA) is 194 Å². The molecular formula is C28H36N9O4+. The lowest BCUT2D eigenvalue weighted by Gasteiger charge is -2.43. The van der Waals surface area contributed by atoms with Crippen molar-refractivity contribution in [2.24, 2.45) is 16.5 Å². The number of nitrogens with two attached hydrogens (primary N) is 2. The van der Waals surface area contributed by atoms with E-state index in [9.17, 15) is 14.7 Å². The maximum Gasteiger partial charge on any atom is 0.343 e. The number of hydrogen-bond donors (Lipinski definition) is 7. The van der Waals surface area contributed by atoms with E-state index >= 15 is 0 Å². The highest BCUT2D eigenvalue weighted by Gasteiger charge is 2.68. The summed E-state index contributed by atoms with van der Waals surface area (Å²) < 4.78 is 5.94.